The third-order valence-electron chi connectivity index (χ3n) is 5.38. The second-order valence-corrected chi connectivity index (χ2v) is 7.42. The molecule has 4 heteroatoms. The zero-order valence-corrected chi connectivity index (χ0v) is 16.4. The van der Waals surface area contributed by atoms with Crippen molar-refractivity contribution in [3.63, 3.8) is 0 Å². The Balaban J connectivity index is 1.53. The van der Waals surface area contributed by atoms with Crippen LogP contribution in [0.1, 0.15) is 17.5 Å². The first-order valence-corrected chi connectivity index (χ1v) is 10.1. The van der Waals surface area contributed by atoms with Gasteiger partial charge < -0.3 is 9.80 Å². The molecule has 0 saturated carbocycles. The summed E-state index contributed by atoms with van der Waals surface area (Å²) in [6.07, 6.45) is 2.07. The SMILES string of the molecule is O=C(Cc1cccc(F)c1)N1CCCN(CCc2ccccc2)c2ccccc21. The van der Waals surface area contributed by atoms with Crippen molar-refractivity contribution in [3.05, 3.63) is 95.8 Å². The summed E-state index contributed by atoms with van der Waals surface area (Å²) in [6.45, 7) is 2.49. The first kappa shape index (κ1) is 19.2. The number of fused-ring (bicyclic) bond motifs is 1. The third kappa shape index (κ3) is 4.65. The van der Waals surface area contributed by atoms with E-state index < -0.39 is 0 Å². The fourth-order valence-corrected chi connectivity index (χ4v) is 3.94. The number of benzene rings is 3. The fraction of sp³-hybridized carbons (Fsp3) is 0.240. The van der Waals surface area contributed by atoms with Gasteiger partial charge in [0.25, 0.3) is 0 Å². The predicted octanol–water partition coefficient (Wildman–Crippen LogP) is 4.85. The van der Waals surface area contributed by atoms with Crippen molar-refractivity contribution >= 4 is 17.3 Å². The highest BCUT2D eigenvalue weighted by molar-refractivity contribution is 5.98. The van der Waals surface area contributed by atoms with Crippen LogP contribution in [0.25, 0.3) is 0 Å². The molecular formula is C25H25FN2O. The van der Waals surface area contributed by atoms with Gasteiger partial charge in [0.1, 0.15) is 5.82 Å². The first-order chi connectivity index (χ1) is 14.2. The van der Waals surface area contributed by atoms with Crippen molar-refractivity contribution in [3.8, 4) is 0 Å². The Morgan fingerprint density at radius 1 is 0.828 bits per heavy atom. The van der Waals surface area contributed by atoms with Gasteiger partial charge in [-0.15, -0.1) is 0 Å². The molecule has 1 aliphatic heterocycles. The van der Waals surface area contributed by atoms with E-state index >= 15 is 0 Å². The number of hydrogen-bond donors (Lipinski definition) is 0. The average Bonchev–Trinajstić information content (AvgIpc) is 2.93. The number of halogens is 1. The normalized spacial score (nSPS) is 13.7. The van der Waals surface area contributed by atoms with Crippen LogP contribution < -0.4 is 9.80 Å². The van der Waals surface area contributed by atoms with Crippen molar-refractivity contribution in [2.75, 3.05) is 29.4 Å². The minimum absolute atomic E-state index is 0.00737. The molecule has 29 heavy (non-hydrogen) atoms. The summed E-state index contributed by atoms with van der Waals surface area (Å²) in [4.78, 5) is 17.3. The molecular weight excluding hydrogens is 363 g/mol. The molecule has 148 valence electrons. The van der Waals surface area contributed by atoms with Gasteiger partial charge in [-0.25, -0.2) is 4.39 Å². The topological polar surface area (TPSA) is 23.6 Å². The summed E-state index contributed by atoms with van der Waals surface area (Å²) in [5.74, 6) is -0.299. The Kier molecular flexibility index (Phi) is 5.89. The smallest absolute Gasteiger partial charge is 0.231 e. The van der Waals surface area contributed by atoms with Crippen LogP contribution in [0.3, 0.4) is 0 Å². The number of para-hydroxylation sites is 2. The Labute approximate surface area is 171 Å². The van der Waals surface area contributed by atoms with Crippen molar-refractivity contribution in [1.29, 1.82) is 0 Å². The molecule has 0 fully saturated rings. The molecule has 0 bridgehead atoms. The zero-order valence-electron chi connectivity index (χ0n) is 16.4. The van der Waals surface area contributed by atoms with Crippen LogP contribution in [0.15, 0.2) is 78.9 Å². The van der Waals surface area contributed by atoms with Gasteiger partial charge in [0, 0.05) is 19.6 Å². The summed E-state index contributed by atoms with van der Waals surface area (Å²) in [5, 5.41) is 0. The molecule has 3 aromatic carbocycles. The Morgan fingerprint density at radius 3 is 2.34 bits per heavy atom. The lowest BCUT2D eigenvalue weighted by Crippen LogP contribution is -2.32. The van der Waals surface area contributed by atoms with E-state index in [9.17, 15) is 9.18 Å². The van der Waals surface area contributed by atoms with Gasteiger partial charge in [-0.3, -0.25) is 4.79 Å². The Hall–Kier alpha value is -3.14. The van der Waals surface area contributed by atoms with Crippen LogP contribution in [0.2, 0.25) is 0 Å². The highest BCUT2D eigenvalue weighted by Crippen LogP contribution is 2.32. The standard InChI is InChI=1S/C25H25FN2O/c26-22-11-6-10-21(18-22)19-25(29)28-16-7-15-27(23-12-4-5-13-24(23)28)17-14-20-8-2-1-3-9-20/h1-6,8-13,18H,7,14-17,19H2. The molecule has 1 aliphatic rings. The molecule has 1 amide bonds. The molecule has 0 spiro atoms. The number of hydrogen-bond acceptors (Lipinski definition) is 2. The fourth-order valence-electron chi connectivity index (χ4n) is 3.94. The lowest BCUT2D eigenvalue weighted by atomic mass is 10.1. The lowest BCUT2D eigenvalue weighted by Gasteiger charge is -2.27. The quantitative estimate of drug-likeness (QED) is 0.624. The van der Waals surface area contributed by atoms with Gasteiger partial charge in [-0.05, 0) is 48.2 Å². The molecule has 0 radical (unpaired) electrons. The molecule has 0 atom stereocenters. The van der Waals surface area contributed by atoms with E-state index in [2.05, 4.69) is 35.2 Å². The second kappa shape index (κ2) is 8.91. The Bertz CT molecular complexity index is 973. The van der Waals surface area contributed by atoms with E-state index in [0.717, 1.165) is 37.3 Å². The summed E-state index contributed by atoms with van der Waals surface area (Å²) in [7, 11) is 0. The van der Waals surface area contributed by atoms with E-state index in [1.807, 2.05) is 29.2 Å². The van der Waals surface area contributed by atoms with Gasteiger partial charge in [0.15, 0.2) is 0 Å². The lowest BCUT2D eigenvalue weighted by molar-refractivity contribution is -0.118. The van der Waals surface area contributed by atoms with Crippen LogP contribution in [0.4, 0.5) is 15.8 Å². The summed E-state index contributed by atoms with van der Waals surface area (Å²) in [6, 6.07) is 24.9. The van der Waals surface area contributed by atoms with Gasteiger partial charge in [-0.1, -0.05) is 54.6 Å². The predicted molar refractivity (Wildman–Crippen MR) is 116 cm³/mol. The Morgan fingerprint density at radius 2 is 1.55 bits per heavy atom. The molecule has 3 nitrogen and oxygen atoms in total. The molecule has 0 N–H and O–H groups in total. The summed E-state index contributed by atoms with van der Waals surface area (Å²) in [5.41, 5.74) is 4.05. The van der Waals surface area contributed by atoms with Gasteiger partial charge in [0.05, 0.1) is 17.8 Å². The van der Waals surface area contributed by atoms with Crippen LogP contribution >= 0.6 is 0 Å². The third-order valence-corrected chi connectivity index (χ3v) is 5.38. The largest absolute Gasteiger partial charge is 0.369 e. The van der Waals surface area contributed by atoms with Crippen LogP contribution in [-0.4, -0.2) is 25.5 Å². The van der Waals surface area contributed by atoms with Crippen molar-refractivity contribution < 1.29 is 9.18 Å². The molecule has 1 heterocycles. The van der Waals surface area contributed by atoms with Gasteiger partial charge in [-0.2, -0.15) is 0 Å². The van der Waals surface area contributed by atoms with Crippen molar-refractivity contribution in [2.24, 2.45) is 0 Å². The number of amides is 1. The maximum Gasteiger partial charge on any atom is 0.231 e. The van der Waals surface area contributed by atoms with E-state index in [0.29, 0.717) is 12.1 Å². The molecule has 4 rings (SSSR count). The van der Waals surface area contributed by atoms with Crippen LogP contribution in [0.5, 0.6) is 0 Å². The molecule has 0 aliphatic carbocycles. The summed E-state index contributed by atoms with van der Waals surface area (Å²) < 4.78 is 13.5. The number of rotatable bonds is 5. The summed E-state index contributed by atoms with van der Waals surface area (Å²) >= 11 is 0. The molecule has 0 unspecified atom stereocenters. The van der Waals surface area contributed by atoms with Gasteiger partial charge in [0.2, 0.25) is 5.91 Å². The number of carbonyl (C=O) groups is 1. The second-order valence-electron chi connectivity index (χ2n) is 7.42. The van der Waals surface area contributed by atoms with Crippen LogP contribution in [-0.2, 0) is 17.6 Å². The average molecular weight is 388 g/mol. The monoisotopic (exact) mass is 388 g/mol. The highest BCUT2D eigenvalue weighted by atomic mass is 19.1. The molecule has 0 saturated heterocycles. The number of nitrogens with zero attached hydrogens (tertiary/aromatic N) is 2. The minimum Gasteiger partial charge on any atom is -0.369 e. The molecule has 0 aromatic heterocycles. The maximum absolute atomic E-state index is 13.5. The van der Waals surface area contributed by atoms with Crippen molar-refractivity contribution in [2.45, 2.75) is 19.3 Å². The number of anilines is 2. The maximum atomic E-state index is 13.5. The van der Waals surface area contributed by atoms with E-state index in [1.165, 1.54) is 17.7 Å². The van der Waals surface area contributed by atoms with Crippen molar-refractivity contribution in [1.82, 2.24) is 0 Å². The minimum atomic E-state index is -0.307. The number of carbonyl (C=O) groups excluding carboxylic acids is 1. The van der Waals surface area contributed by atoms with E-state index in [-0.39, 0.29) is 18.1 Å². The van der Waals surface area contributed by atoms with E-state index in [1.54, 1.807) is 12.1 Å². The molecule has 3 aromatic rings. The van der Waals surface area contributed by atoms with Gasteiger partial charge >= 0.3 is 0 Å². The van der Waals surface area contributed by atoms with Crippen LogP contribution in [0, 0.1) is 5.82 Å². The zero-order chi connectivity index (χ0) is 20.1. The first-order valence-electron chi connectivity index (χ1n) is 10.1. The van der Waals surface area contributed by atoms with E-state index in [4.69, 9.17) is 0 Å². The highest BCUT2D eigenvalue weighted by Gasteiger charge is 2.24.